The van der Waals surface area contributed by atoms with Crippen LogP contribution < -0.4 is 14.2 Å². The summed E-state index contributed by atoms with van der Waals surface area (Å²) in [7, 11) is -3.46. The van der Waals surface area contributed by atoms with Crippen molar-refractivity contribution in [3.63, 3.8) is 0 Å². The molecule has 0 amide bonds. The molecule has 4 rings (SSSR count). The molecule has 3 aromatic rings. The first kappa shape index (κ1) is 25.0. The third-order valence-corrected chi connectivity index (χ3v) is 6.47. The number of anilines is 1. The maximum atomic E-state index is 11.4. The van der Waals surface area contributed by atoms with Crippen LogP contribution in [0.25, 0.3) is 0 Å². The Labute approximate surface area is 213 Å². The first-order valence-corrected chi connectivity index (χ1v) is 13.6. The molecule has 35 heavy (non-hydrogen) atoms. The summed E-state index contributed by atoms with van der Waals surface area (Å²) in [6.07, 6.45) is 4.25. The highest BCUT2D eigenvalue weighted by molar-refractivity contribution is 7.91. The number of alkyl halides is 1. The SMILES string of the molecule is CS(=O)(=O)Nc1nccc(COc2ccc3c(c2)CCC3c2cc(Cl)c(OCCCl)c(C#N)c2)n1. The lowest BCUT2D eigenvalue weighted by molar-refractivity contribution is 0.301. The number of sulfonamides is 1. The van der Waals surface area contributed by atoms with Crippen LogP contribution in [0.3, 0.4) is 0 Å². The van der Waals surface area contributed by atoms with Crippen LogP contribution in [0, 0.1) is 11.3 Å². The lowest BCUT2D eigenvalue weighted by Crippen LogP contribution is -2.13. The van der Waals surface area contributed by atoms with Gasteiger partial charge in [0, 0.05) is 12.1 Å². The van der Waals surface area contributed by atoms with Gasteiger partial charge in [-0.2, -0.15) is 5.26 Å². The van der Waals surface area contributed by atoms with E-state index in [0.29, 0.717) is 33.7 Å². The molecule has 0 saturated carbocycles. The van der Waals surface area contributed by atoms with Gasteiger partial charge in [0.1, 0.15) is 25.0 Å². The monoisotopic (exact) mass is 532 g/mol. The zero-order valence-corrected chi connectivity index (χ0v) is 21.1. The second-order valence-electron chi connectivity index (χ2n) is 8.02. The number of halogens is 2. The first-order chi connectivity index (χ1) is 16.8. The van der Waals surface area contributed by atoms with E-state index < -0.39 is 10.0 Å². The summed E-state index contributed by atoms with van der Waals surface area (Å²) in [6, 6.07) is 13.4. The fourth-order valence-corrected chi connectivity index (χ4v) is 4.85. The Morgan fingerprint density at radius 3 is 2.80 bits per heavy atom. The fraction of sp³-hybridized carbons (Fsp3) is 0.292. The highest BCUT2D eigenvalue weighted by atomic mass is 35.5. The van der Waals surface area contributed by atoms with Gasteiger partial charge in [-0.3, -0.25) is 4.72 Å². The van der Waals surface area contributed by atoms with Crippen LogP contribution in [0.15, 0.2) is 42.6 Å². The lowest BCUT2D eigenvalue weighted by atomic mass is 9.91. The summed E-state index contributed by atoms with van der Waals surface area (Å²) in [4.78, 5) is 8.07. The Morgan fingerprint density at radius 1 is 1.23 bits per heavy atom. The lowest BCUT2D eigenvalue weighted by Gasteiger charge is -2.16. The van der Waals surface area contributed by atoms with Crippen molar-refractivity contribution in [1.29, 1.82) is 5.26 Å². The number of hydrogen-bond donors (Lipinski definition) is 1. The summed E-state index contributed by atoms with van der Waals surface area (Å²) >= 11 is 12.1. The van der Waals surface area contributed by atoms with Crippen molar-refractivity contribution in [2.45, 2.75) is 25.4 Å². The molecule has 1 aliphatic carbocycles. The number of fused-ring (bicyclic) bond motifs is 1. The van der Waals surface area contributed by atoms with Crippen LogP contribution in [0.5, 0.6) is 11.5 Å². The van der Waals surface area contributed by atoms with Crippen molar-refractivity contribution in [3.8, 4) is 17.6 Å². The molecule has 0 radical (unpaired) electrons. The van der Waals surface area contributed by atoms with Gasteiger partial charge in [0.25, 0.3) is 0 Å². The third-order valence-electron chi connectivity index (χ3n) is 5.48. The summed E-state index contributed by atoms with van der Waals surface area (Å²) in [5.74, 6) is 1.46. The number of benzene rings is 2. The van der Waals surface area contributed by atoms with Crippen molar-refractivity contribution >= 4 is 39.2 Å². The summed E-state index contributed by atoms with van der Waals surface area (Å²) in [6.45, 7) is 0.433. The minimum absolute atomic E-state index is 0.000120. The zero-order valence-electron chi connectivity index (χ0n) is 18.8. The van der Waals surface area contributed by atoms with Crippen LogP contribution >= 0.6 is 23.2 Å². The molecule has 0 spiro atoms. The molecular weight excluding hydrogens is 511 g/mol. The Bertz CT molecular complexity index is 1390. The molecule has 1 atom stereocenters. The molecule has 0 fully saturated rings. The quantitative estimate of drug-likeness (QED) is 0.399. The summed E-state index contributed by atoms with van der Waals surface area (Å²) in [5, 5.41) is 9.98. The van der Waals surface area contributed by atoms with Crippen molar-refractivity contribution in [2.24, 2.45) is 0 Å². The van der Waals surface area contributed by atoms with Crippen molar-refractivity contribution in [2.75, 3.05) is 23.5 Å². The molecule has 1 aromatic heterocycles. The topological polar surface area (TPSA) is 114 Å². The Morgan fingerprint density at radius 2 is 2.06 bits per heavy atom. The molecule has 182 valence electrons. The van der Waals surface area contributed by atoms with E-state index in [4.69, 9.17) is 32.7 Å². The molecule has 11 heteroatoms. The number of nitriles is 1. The third kappa shape index (κ3) is 6.14. The van der Waals surface area contributed by atoms with Gasteiger partial charge in [-0.05, 0) is 59.9 Å². The van der Waals surface area contributed by atoms with Crippen molar-refractivity contribution < 1.29 is 17.9 Å². The van der Waals surface area contributed by atoms with E-state index in [1.165, 1.54) is 6.20 Å². The zero-order chi connectivity index (χ0) is 25.0. The van der Waals surface area contributed by atoms with Crippen LogP contribution in [-0.4, -0.2) is 37.1 Å². The minimum Gasteiger partial charge on any atom is -0.489 e. The van der Waals surface area contributed by atoms with Gasteiger partial charge in [-0.15, -0.1) is 11.6 Å². The van der Waals surface area contributed by atoms with E-state index in [1.54, 1.807) is 6.07 Å². The fourth-order valence-electron chi connectivity index (χ4n) is 4.06. The molecule has 0 aliphatic heterocycles. The number of nitrogens with one attached hydrogen (secondary N) is 1. The molecule has 1 unspecified atom stereocenters. The van der Waals surface area contributed by atoms with Gasteiger partial charge < -0.3 is 9.47 Å². The van der Waals surface area contributed by atoms with Crippen molar-refractivity contribution in [1.82, 2.24) is 9.97 Å². The predicted molar refractivity (Wildman–Crippen MR) is 134 cm³/mol. The average molecular weight is 533 g/mol. The maximum absolute atomic E-state index is 11.4. The molecule has 8 nitrogen and oxygen atoms in total. The normalized spacial score (nSPS) is 14.7. The number of hydrogen-bond acceptors (Lipinski definition) is 7. The van der Waals surface area contributed by atoms with Crippen LogP contribution in [0.2, 0.25) is 5.02 Å². The highest BCUT2D eigenvalue weighted by Crippen LogP contribution is 2.42. The van der Waals surface area contributed by atoms with Gasteiger partial charge >= 0.3 is 0 Å². The van der Waals surface area contributed by atoms with Crippen LogP contribution in [0.4, 0.5) is 5.95 Å². The Balaban J connectivity index is 1.49. The number of aromatic nitrogens is 2. The minimum atomic E-state index is -3.46. The van der Waals surface area contributed by atoms with Gasteiger partial charge in [0.05, 0.1) is 28.4 Å². The molecular formula is C24H22Cl2N4O4S. The molecule has 0 saturated heterocycles. The molecule has 1 heterocycles. The first-order valence-electron chi connectivity index (χ1n) is 10.7. The van der Waals surface area contributed by atoms with Gasteiger partial charge in [-0.1, -0.05) is 17.7 Å². The van der Waals surface area contributed by atoms with E-state index in [0.717, 1.165) is 35.8 Å². The van der Waals surface area contributed by atoms with E-state index in [1.807, 2.05) is 30.3 Å². The van der Waals surface area contributed by atoms with E-state index in [9.17, 15) is 13.7 Å². The van der Waals surface area contributed by atoms with Gasteiger partial charge in [0.15, 0.2) is 5.75 Å². The van der Waals surface area contributed by atoms with Crippen LogP contribution in [-0.2, 0) is 23.1 Å². The van der Waals surface area contributed by atoms with Crippen molar-refractivity contribution in [3.05, 3.63) is 75.6 Å². The Hall–Kier alpha value is -3.06. The second-order valence-corrected chi connectivity index (χ2v) is 10.5. The molecule has 1 N–H and O–H groups in total. The number of aryl methyl sites for hydroxylation is 1. The summed E-state index contributed by atoms with van der Waals surface area (Å²) < 4.78 is 36.5. The Kier molecular flexibility index (Phi) is 7.65. The molecule has 0 bridgehead atoms. The number of nitrogens with zero attached hydrogens (tertiary/aromatic N) is 3. The average Bonchev–Trinajstić information content (AvgIpc) is 3.24. The number of ether oxygens (including phenoxy) is 2. The molecule has 1 aliphatic rings. The van der Waals surface area contributed by atoms with E-state index in [-0.39, 0.29) is 25.1 Å². The summed E-state index contributed by atoms with van der Waals surface area (Å²) in [5.41, 5.74) is 4.21. The maximum Gasteiger partial charge on any atom is 0.236 e. The highest BCUT2D eigenvalue weighted by Gasteiger charge is 2.26. The van der Waals surface area contributed by atoms with Gasteiger partial charge in [0.2, 0.25) is 16.0 Å². The van der Waals surface area contributed by atoms with Gasteiger partial charge in [-0.25, -0.2) is 18.4 Å². The van der Waals surface area contributed by atoms with E-state index >= 15 is 0 Å². The second kappa shape index (κ2) is 10.7. The standard InChI is InChI=1S/C24H22Cl2N4O4S/c1-35(31,32)30-24-28-8-6-18(29-24)14-34-19-3-5-20-15(11-19)2-4-21(20)16-10-17(13-27)23(22(26)12-16)33-9-7-25/h3,5-6,8,10-12,21H,2,4,7,9,14H2,1H3,(H,28,29,30). The predicted octanol–water partition coefficient (Wildman–Crippen LogP) is 4.65. The largest absolute Gasteiger partial charge is 0.489 e. The smallest absolute Gasteiger partial charge is 0.236 e. The van der Waals surface area contributed by atoms with E-state index in [2.05, 4.69) is 20.8 Å². The number of rotatable bonds is 9. The molecule has 2 aromatic carbocycles. The van der Waals surface area contributed by atoms with Crippen LogP contribution in [0.1, 0.15) is 40.3 Å².